The number of halogens is 1. The molecule has 0 aromatic heterocycles. The Morgan fingerprint density at radius 1 is 1.23 bits per heavy atom. The molecule has 2 rings (SSSR count). The fourth-order valence-corrected chi connectivity index (χ4v) is 2.57. The van der Waals surface area contributed by atoms with Gasteiger partial charge in [-0.05, 0) is 48.7 Å². The molecule has 0 saturated carbocycles. The van der Waals surface area contributed by atoms with Crippen LogP contribution in [0.25, 0.3) is 11.6 Å². The summed E-state index contributed by atoms with van der Waals surface area (Å²) in [6.45, 7) is 3.77. The van der Waals surface area contributed by atoms with Gasteiger partial charge >= 0.3 is 0 Å². The third-order valence-electron chi connectivity index (χ3n) is 3.47. The van der Waals surface area contributed by atoms with Gasteiger partial charge in [0.15, 0.2) is 11.5 Å². The highest BCUT2D eigenvalue weighted by Crippen LogP contribution is 2.38. The summed E-state index contributed by atoms with van der Waals surface area (Å²) in [4.78, 5) is 10.8. The zero-order valence-corrected chi connectivity index (χ0v) is 15.3. The number of rotatable bonds is 6. The molecule has 6 heteroatoms. The quantitative estimate of drug-likeness (QED) is 0.573. The molecule has 26 heavy (non-hydrogen) atoms. The highest BCUT2D eigenvalue weighted by molar-refractivity contribution is 6.32. The number of allylic oxidation sites excluding steroid dienone is 1. The smallest absolute Gasteiger partial charge is 0.180 e. The highest BCUT2D eigenvalue weighted by atomic mass is 35.5. The van der Waals surface area contributed by atoms with Crippen LogP contribution in [0.5, 0.6) is 11.5 Å². The second kappa shape index (κ2) is 8.41. The standard InChI is InChI=1S/C20H18ClNO4/c1-12(2)26-19-17(21)9-13(10-18(19)25-3)8-16(11-22)14-4-6-15(7-5-14)20(23)24/h4-10,12H,1-3H3,(H,23,24)/p-1/b16-8-. The lowest BCUT2D eigenvalue weighted by Gasteiger charge is -2.15. The van der Waals surface area contributed by atoms with Crippen LogP contribution in [0.1, 0.15) is 35.3 Å². The van der Waals surface area contributed by atoms with Gasteiger partial charge in [-0.25, -0.2) is 0 Å². The Morgan fingerprint density at radius 3 is 2.35 bits per heavy atom. The second-order valence-corrected chi connectivity index (χ2v) is 6.14. The SMILES string of the molecule is COc1cc(/C=C(/C#N)c2ccc(C(=O)[O-])cc2)cc(Cl)c1OC(C)C. The van der Waals surface area contributed by atoms with E-state index in [1.54, 1.807) is 30.3 Å². The number of benzene rings is 2. The van der Waals surface area contributed by atoms with Gasteiger partial charge in [-0.3, -0.25) is 0 Å². The van der Waals surface area contributed by atoms with E-state index >= 15 is 0 Å². The first-order chi connectivity index (χ1) is 12.3. The summed E-state index contributed by atoms with van der Waals surface area (Å²) in [7, 11) is 1.51. The van der Waals surface area contributed by atoms with Gasteiger partial charge in [-0.1, -0.05) is 35.9 Å². The minimum atomic E-state index is -1.27. The zero-order valence-electron chi connectivity index (χ0n) is 14.6. The second-order valence-electron chi connectivity index (χ2n) is 5.74. The van der Waals surface area contributed by atoms with Crippen LogP contribution in [0.15, 0.2) is 36.4 Å². The molecule has 0 bridgehead atoms. The number of hydrogen-bond donors (Lipinski definition) is 0. The third kappa shape index (κ3) is 4.56. The summed E-state index contributed by atoms with van der Waals surface area (Å²) in [5.41, 5.74) is 1.63. The maximum atomic E-state index is 10.8. The van der Waals surface area contributed by atoms with Gasteiger partial charge in [0.1, 0.15) is 0 Å². The molecule has 0 aliphatic rings. The number of aromatic carboxylic acids is 1. The molecule has 0 spiro atoms. The number of hydrogen-bond acceptors (Lipinski definition) is 5. The summed E-state index contributed by atoms with van der Waals surface area (Å²) >= 11 is 6.30. The lowest BCUT2D eigenvalue weighted by atomic mass is 10.0. The van der Waals surface area contributed by atoms with Crippen molar-refractivity contribution in [3.63, 3.8) is 0 Å². The minimum Gasteiger partial charge on any atom is -0.545 e. The molecule has 0 heterocycles. The van der Waals surface area contributed by atoms with Crippen LogP contribution in [-0.4, -0.2) is 19.2 Å². The van der Waals surface area contributed by atoms with Crippen molar-refractivity contribution >= 4 is 29.2 Å². The fourth-order valence-electron chi connectivity index (χ4n) is 2.31. The van der Waals surface area contributed by atoms with Crippen LogP contribution >= 0.6 is 11.6 Å². The van der Waals surface area contributed by atoms with E-state index in [2.05, 4.69) is 6.07 Å². The van der Waals surface area contributed by atoms with Crippen LogP contribution in [0.4, 0.5) is 0 Å². The lowest BCUT2D eigenvalue weighted by Crippen LogP contribution is -2.21. The van der Waals surface area contributed by atoms with Crippen molar-refractivity contribution < 1.29 is 19.4 Å². The molecular formula is C20H17ClNO4-. The molecule has 0 radical (unpaired) electrons. The Morgan fingerprint density at radius 2 is 1.85 bits per heavy atom. The van der Waals surface area contributed by atoms with Gasteiger partial charge in [0.2, 0.25) is 0 Å². The number of methoxy groups -OCH3 is 1. The predicted molar refractivity (Wildman–Crippen MR) is 98.0 cm³/mol. The van der Waals surface area contributed by atoms with Gasteiger partial charge in [-0.15, -0.1) is 0 Å². The zero-order chi connectivity index (χ0) is 19.3. The van der Waals surface area contributed by atoms with Gasteiger partial charge in [-0.2, -0.15) is 5.26 Å². The molecule has 0 aliphatic heterocycles. The first-order valence-electron chi connectivity index (χ1n) is 7.83. The Hall–Kier alpha value is -2.97. The number of ether oxygens (including phenoxy) is 2. The number of carboxylic acid groups (broad SMARTS) is 1. The van der Waals surface area contributed by atoms with Crippen molar-refractivity contribution in [1.82, 2.24) is 0 Å². The summed E-state index contributed by atoms with van der Waals surface area (Å²) in [6.07, 6.45) is 1.57. The number of carbonyl (C=O) groups excluding carboxylic acids is 1. The van der Waals surface area contributed by atoms with Crippen molar-refractivity contribution in [2.75, 3.05) is 7.11 Å². The molecule has 0 fully saturated rings. The first-order valence-corrected chi connectivity index (χ1v) is 8.21. The van der Waals surface area contributed by atoms with Crippen LogP contribution in [0.3, 0.4) is 0 Å². The lowest BCUT2D eigenvalue weighted by molar-refractivity contribution is -0.255. The van der Waals surface area contributed by atoms with E-state index in [1.165, 1.54) is 19.2 Å². The normalized spacial score (nSPS) is 11.2. The van der Waals surface area contributed by atoms with E-state index in [9.17, 15) is 15.2 Å². The molecular weight excluding hydrogens is 354 g/mol. The van der Waals surface area contributed by atoms with Gasteiger partial charge in [0, 0.05) is 0 Å². The molecule has 0 aliphatic carbocycles. The van der Waals surface area contributed by atoms with Crippen molar-refractivity contribution in [2.45, 2.75) is 20.0 Å². The average molecular weight is 371 g/mol. The molecule has 2 aromatic rings. The predicted octanol–water partition coefficient (Wildman–Crippen LogP) is 3.56. The number of carbonyl (C=O) groups is 1. The minimum absolute atomic E-state index is 0.0472. The highest BCUT2D eigenvalue weighted by Gasteiger charge is 2.13. The maximum absolute atomic E-state index is 10.8. The van der Waals surface area contributed by atoms with Crippen LogP contribution in [-0.2, 0) is 0 Å². The van der Waals surface area contributed by atoms with Gasteiger partial charge in [0.05, 0.1) is 35.8 Å². The number of carboxylic acids is 1. The van der Waals surface area contributed by atoms with E-state index < -0.39 is 5.97 Å². The van der Waals surface area contributed by atoms with Crippen molar-refractivity contribution in [2.24, 2.45) is 0 Å². The summed E-state index contributed by atoms with van der Waals surface area (Å²) < 4.78 is 11.0. The van der Waals surface area contributed by atoms with E-state index in [0.29, 0.717) is 33.2 Å². The summed E-state index contributed by atoms with van der Waals surface area (Å²) in [6, 6.07) is 11.4. The first kappa shape index (κ1) is 19.4. The topological polar surface area (TPSA) is 82.4 Å². The molecule has 0 N–H and O–H groups in total. The van der Waals surface area contributed by atoms with Crippen LogP contribution < -0.4 is 14.6 Å². The number of nitriles is 1. The molecule has 0 atom stereocenters. The summed E-state index contributed by atoms with van der Waals surface area (Å²) in [5.74, 6) is -0.364. The molecule has 0 unspecified atom stereocenters. The Labute approximate surface area is 157 Å². The largest absolute Gasteiger partial charge is 0.545 e. The van der Waals surface area contributed by atoms with Gasteiger partial charge < -0.3 is 19.4 Å². The van der Waals surface area contributed by atoms with Crippen molar-refractivity contribution in [3.05, 3.63) is 58.1 Å². The molecule has 2 aromatic carbocycles. The average Bonchev–Trinajstić information content (AvgIpc) is 2.61. The van der Waals surface area contributed by atoms with Crippen LogP contribution in [0.2, 0.25) is 5.02 Å². The van der Waals surface area contributed by atoms with E-state index in [1.807, 2.05) is 13.8 Å². The maximum Gasteiger partial charge on any atom is 0.180 e. The molecule has 0 saturated heterocycles. The van der Waals surface area contributed by atoms with Crippen LogP contribution in [0, 0.1) is 11.3 Å². The Kier molecular flexibility index (Phi) is 6.26. The van der Waals surface area contributed by atoms with Crippen molar-refractivity contribution in [3.8, 4) is 17.6 Å². The monoisotopic (exact) mass is 370 g/mol. The third-order valence-corrected chi connectivity index (χ3v) is 3.75. The number of nitrogens with zero attached hydrogens (tertiary/aromatic N) is 1. The molecule has 0 amide bonds. The van der Waals surface area contributed by atoms with Crippen molar-refractivity contribution in [1.29, 1.82) is 5.26 Å². The van der Waals surface area contributed by atoms with E-state index in [-0.39, 0.29) is 11.7 Å². The Bertz CT molecular complexity index is 880. The van der Waals surface area contributed by atoms with E-state index in [4.69, 9.17) is 21.1 Å². The van der Waals surface area contributed by atoms with Gasteiger partial charge in [0.25, 0.3) is 0 Å². The van der Waals surface area contributed by atoms with E-state index in [0.717, 1.165) is 0 Å². The summed E-state index contributed by atoms with van der Waals surface area (Å²) in [5, 5.41) is 20.6. The Balaban J connectivity index is 2.44. The molecule has 5 nitrogen and oxygen atoms in total. The molecule has 134 valence electrons. The fraction of sp³-hybridized carbons (Fsp3) is 0.200.